The topological polar surface area (TPSA) is 105 Å². The Labute approximate surface area is 172 Å². The van der Waals surface area contributed by atoms with Crippen LogP contribution in [0.1, 0.15) is 49.2 Å². The molecule has 1 amide bonds. The number of morpholine rings is 1. The molecule has 0 aliphatic carbocycles. The van der Waals surface area contributed by atoms with Crippen LogP contribution in [0.5, 0.6) is 0 Å². The van der Waals surface area contributed by atoms with Crippen LogP contribution in [0.4, 0.5) is 5.95 Å². The third-order valence-electron chi connectivity index (χ3n) is 5.54. The van der Waals surface area contributed by atoms with E-state index >= 15 is 0 Å². The molecule has 9 nitrogen and oxygen atoms in total. The van der Waals surface area contributed by atoms with E-state index in [2.05, 4.69) is 14.7 Å². The zero-order chi connectivity index (χ0) is 20.9. The molecule has 1 atom stereocenters. The molecular weight excluding hydrogens is 394 g/mol. The van der Waals surface area contributed by atoms with Crippen molar-refractivity contribution in [1.29, 1.82) is 0 Å². The first-order valence-corrected chi connectivity index (χ1v) is 11.9. The molecule has 1 N–H and O–H groups in total. The summed E-state index contributed by atoms with van der Waals surface area (Å²) in [6, 6.07) is 0. The normalized spacial score (nSPS) is 18.8. The SMILES string of the molecule is CCC(C)S(=O)(=O)NCCc1nc(N2CCOCC2)ncc1C(=O)N1CCCC1. The van der Waals surface area contributed by atoms with Crippen molar-refractivity contribution in [2.24, 2.45) is 0 Å². The van der Waals surface area contributed by atoms with Crippen LogP contribution in [0.2, 0.25) is 0 Å². The highest BCUT2D eigenvalue weighted by molar-refractivity contribution is 7.90. The van der Waals surface area contributed by atoms with Crippen LogP contribution in [-0.2, 0) is 21.2 Å². The number of aromatic nitrogens is 2. The summed E-state index contributed by atoms with van der Waals surface area (Å²) in [6.45, 7) is 7.82. The Bertz CT molecular complexity index is 805. The van der Waals surface area contributed by atoms with Gasteiger partial charge in [0.1, 0.15) is 0 Å². The van der Waals surface area contributed by atoms with Crippen LogP contribution in [0.25, 0.3) is 0 Å². The lowest BCUT2D eigenvalue weighted by atomic mass is 10.1. The number of carbonyl (C=O) groups excluding carboxylic acids is 1. The number of nitrogens with one attached hydrogen (secondary N) is 1. The highest BCUT2D eigenvalue weighted by atomic mass is 32.2. The molecule has 2 aliphatic heterocycles. The Morgan fingerprint density at radius 1 is 1.24 bits per heavy atom. The van der Waals surface area contributed by atoms with E-state index in [0.717, 1.165) is 25.9 Å². The zero-order valence-corrected chi connectivity index (χ0v) is 18.1. The second-order valence-electron chi connectivity index (χ2n) is 7.54. The molecule has 29 heavy (non-hydrogen) atoms. The average Bonchev–Trinajstić information content (AvgIpc) is 3.28. The summed E-state index contributed by atoms with van der Waals surface area (Å²) >= 11 is 0. The first-order chi connectivity index (χ1) is 13.9. The third kappa shape index (κ3) is 5.43. The van der Waals surface area contributed by atoms with Gasteiger partial charge in [0, 0.05) is 45.3 Å². The second-order valence-corrected chi connectivity index (χ2v) is 9.72. The van der Waals surface area contributed by atoms with Gasteiger partial charge in [0.2, 0.25) is 16.0 Å². The average molecular weight is 426 g/mol. The van der Waals surface area contributed by atoms with Crippen LogP contribution in [0, 0.1) is 0 Å². The van der Waals surface area contributed by atoms with Gasteiger partial charge >= 0.3 is 0 Å². The third-order valence-corrected chi connectivity index (χ3v) is 7.54. The van der Waals surface area contributed by atoms with Crippen molar-refractivity contribution < 1.29 is 17.9 Å². The molecule has 162 valence electrons. The van der Waals surface area contributed by atoms with Crippen molar-refractivity contribution in [2.45, 2.75) is 44.8 Å². The molecule has 0 spiro atoms. The van der Waals surface area contributed by atoms with Gasteiger partial charge in [-0.05, 0) is 26.2 Å². The maximum absolute atomic E-state index is 12.9. The number of rotatable bonds is 8. The van der Waals surface area contributed by atoms with Gasteiger partial charge in [-0.1, -0.05) is 6.92 Å². The fourth-order valence-corrected chi connectivity index (χ4v) is 4.57. The minimum atomic E-state index is -3.38. The molecule has 3 heterocycles. The summed E-state index contributed by atoms with van der Waals surface area (Å²) < 4.78 is 32.5. The van der Waals surface area contributed by atoms with Crippen molar-refractivity contribution in [3.63, 3.8) is 0 Å². The van der Waals surface area contributed by atoms with Gasteiger partial charge in [0.05, 0.1) is 29.7 Å². The quantitative estimate of drug-likeness (QED) is 0.657. The summed E-state index contributed by atoms with van der Waals surface area (Å²) in [7, 11) is -3.38. The number of hydrogen-bond donors (Lipinski definition) is 1. The fraction of sp³-hybridized carbons (Fsp3) is 0.737. The van der Waals surface area contributed by atoms with Crippen LogP contribution in [0.15, 0.2) is 6.20 Å². The highest BCUT2D eigenvalue weighted by Crippen LogP contribution is 2.18. The predicted octanol–water partition coefficient (Wildman–Crippen LogP) is 0.810. The maximum atomic E-state index is 12.9. The first kappa shape index (κ1) is 21.9. The van der Waals surface area contributed by atoms with Crippen molar-refractivity contribution in [3.05, 3.63) is 17.5 Å². The summed E-state index contributed by atoms with van der Waals surface area (Å²) in [4.78, 5) is 25.9. The minimum Gasteiger partial charge on any atom is -0.378 e. The molecule has 3 rings (SSSR count). The molecule has 1 unspecified atom stereocenters. The van der Waals surface area contributed by atoms with E-state index in [1.54, 1.807) is 13.1 Å². The summed E-state index contributed by atoms with van der Waals surface area (Å²) in [5, 5.41) is -0.456. The van der Waals surface area contributed by atoms with Crippen molar-refractivity contribution in [2.75, 3.05) is 50.8 Å². The Hall–Kier alpha value is -1.78. The van der Waals surface area contributed by atoms with E-state index in [1.807, 2.05) is 16.7 Å². The van der Waals surface area contributed by atoms with Gasteiger partial charge in [-0.25, -0.2) is 23.1 Å². The Balaban J connectivity index is 1.79. The van der Waals surface area contributed by atoms with Crippen LogP contribution >= 0.6 is 0 Å². The van der Waals surface area contributed by atoms with Crippen LogP contribution in [0.3, 0.4) is 0 Å². The monoisotopic (exact) mass is 425 g/mol. The first-order valence-electron chi connectivity index (χ1n) is 10.4. The van der Waals surface area contributed by atoms with Gasteiger partial charge in [0.25, 0.3) is 5.91 Å². The van der Waals surface area contributed by atoms with Gasteiger partial charge < -0.3 is 14.5 Å². The molecule has 0 saturated carbocycles. The molecule has 2 aliphatic rings. The number of nitrogens with zero attached hydrogens (tertiary/aromatic N) is 4. The van der Waals surface area contributed by atoms with E-state index in [1.165, 1.54) is 0 Å². The summed E-state index contributed by atoms with van der Waals surface area (Å²) in [5.74, 6) is 0.488. The van der Waals surface area contributed by atoms with Crippen LogP contribution in [-0.4, -0.2) is 80.4 Å². The summed E-state index contributed by atoms with van der Waals surface area (Å²) in [6.07, 6.45) is 4.48. The van der Waals surface area contributed by atoms with Gasteiger partial charge in [-0.15, -0.1) is 0 Å². The smallest absolute Gasteiger partial charge is 0.257 e. The van der Waals surface area contributed by atoms with Crippen molar-refractivity contribution in [1.82, 2.24) is 19.6 Å². The lowest BCUT2D eigenvalue weighted by Crippen LogP contribution is -2.38. The Morgan fingerprint density at radius 2 is 1.93 bits per heavy atom. The van der Waals surface area contributed by atoms with E-state index in [9.17, 15) is 13.2 Å². The molecule has 0 radical (unpaired) electrons. The van der Waals surface area contributed by atoms with Crippen LogP contribution < -0.4 is 9.62 Å². The largest absolute Gasteiger partial charge is 0.378 e. The highest BCUT2D eigenvalue weighted by Gasteiger charge is 2.25. The second kappa shape index (κ2) is 9.82. The number of hydrogen-bond acceptors (Lipinski definition) is 7. The Kier molecular flexibility index (Phi) is 7.42. The molecule has 0 bridgehead atoms. The zero-order valence-electron chi connectivity index (χ0n) is 17.3. The lowest BCUT2D eigenvalue weighted by Gasteiger charge is -2.27. The number of anilines is 1. The number of amides is 1. The number of likely N-dealkylation sites (tertiary alicyclic amines) is 1. The molecule has 0 aromatic carbocycles. The van der Waals surface area contributed by atoms with Crippen molar-refractivity contribution >= 4 is 21.9 Å². The molecule has 2 saturated heterocycles. The predicted molar refractivity (Wildman–Crippen MR) is 111 cm³/mol. The van der Waals surface area contributed by atoms with Crippen molar-refractivity contribution in [3.8, 4) is 0 Å². The van der Waals surface area contributed by atoms with E-state index in [0.29, 0.717) is 56.4 Å². The van der Waals surface area contributed by atoms with Gasteiger partial charge in [0.15, 0.2) is 0 Å². The fourth-order valence-electron chi connectivity index (χ4n) is 3.46. The summed E-state index contributed by atoms with van der Waals surface area (Å²) in [5.41, 5.74) is 1.05. The Morgan fingerprint density at radius 3 is 2.59 bits per heavy atom. The number of ether oxygens (including phenoxy) is 1. The molecule has 1 aromatic rings. The standard InChI is InChI=1S/C19H31N5O4S/c1-3-15(2)29(26,27)21-7-6-17-16(18(25)23-8-4-5-9-23)14-20-19(22-17)24-10-12-28-13-11-24/h14-15,21H,3-13H2,1-2H3. The van der Waals surface area contributed by atoms with Gasteiger partial charge in [-0.3, -0.25) is 4.79 Å². The lowest BCUT2D eigenvalue weighted by molar-refractivity contribution is 0.0790. The number of carbonyl (C=O) groups is 1. The maximum Gasteiger partial charge on any atom is 0.257 e. The van der Waals surface area contributed by atoms with E-state index < -0.39 is 15.3 Å². The molecule has 2 fully saturated rings. The molecular formula is C19H31N5O4S. The van der Waals surface area contributed by atoms with E-state index in [4.69, 9.17) is 4.74 Å². The molecule has 10 heteroatoms. The van der Waals surface area contributed by atoms with E-state index in [-0.39, 0.29) is 12.5 Å². The molecule has 1 aromatic heterocycles. The van der Waals surface area contributed by atoms with Gasteiger partial charge in [-0.2, -0.15) is 0 Å². The minimum absolute atomic E-state index is 0.0733. The number of sulfonamides is 1.